The van der Waals surface area contributed by atoms with Crippen LogP contribution in [-0.2, 0) is 6.54 Å². The summed E-state index contributed by atoms with van der Waals surface area (Å²) in [6.07, 6.45) is 1.19. The predicted molar refractivity (Wildman–Crippen MR) is 101 cm³/mol. The predicted octanol–water partition coefficient (Wildman–Crippen LogP) is 4.45. The Morgan fingerprint density at radius 2 is 1.81 bits per heavy atom. The van der Waals surface area contributed by atoms with Gasteiger partial charge in [-0.2, -0.15) is 4.98 Å². The number of aromatic nitrogens is 2. The molecule has 0 aliphatic rings. The normalized spacial score (nSPS) is 10.3. The second-order valence-corrected chi connectivity index (χ2v) is 5.74. The summed E-state index contributed by atoms with van der Waals surface area (Å²) >= 11 is 6.12. The first kappa shape index (κ1) is 18.4. The van der Waals surface area contributed by atoms with E-state index in [1.54, 1.807) is 36.4 Å². The van der Waals surface area contributed by atoms with Crippen LogP contribution in [0.25, 0.3) is 0 Å². The Kier molecular flexibility index (Phi) is 5.68. The van der Waals surface area contributed by atoms with Crippen molar-refractivity contribution in [2.75, 3.05) is 12.4 Å². The van der Waals surface area contributed by atoms with Crippen molar-refractivity contribution in [3.05, 3.63) is 75.6 Å². The zero-order valence-corrected chi connectivity index (χ0v) is 15.0. The van der Waals surface area contributed by atoms with E-state index in [2.05, 4.69) is 15.3 Å². The maximum Gasteiger partial charge on any atom is 0.373 e. The van der Waals surface area contributed by atoms with Crippen LogP contribution in [0.5, 0.6) is 17.4 Å². The minimum Gasteiger partial charge on any atom is -0.493 e. The summed E-state index contributed by atoms with van der Waals surface area (Å²) in [6, 6.07) is 14.0. The fourth-order valence-corrected chi connectivity index (χ4v) is 2.56. The van der Waals surface area contributed by atoms with Gasteiger partial charge >= 0.3 is 11.6 Å². The smallest absolute Gasteiger partial charge is 0.373 e. The third kappa shape index (κ3) is 4.24. The molecule has 138 valence electrons. The van der Waals surface area contributed by atoms with Crippen LogP contribution >= 0.6 is 11.6 Å². The highest BCUT2D eigenvalue weighted by Crippen LogP contribution is 2.37. The third-order valence-electron chi connectivity index (χ3n) is 3.65. The average molecular weight is 387 g/mol. The largest absolute Gasteiger partial charge is 0.493 e. The lowest BCUT2D eigenvalue weighted by Gasteiger charge is -2.11. The maximum absolute atomic E-state index is 11.6. The average Bonchev–Trinajstić information content (AvgIpc) is 2.67. The zero-order chi connectivity index (χ0) is 19.2. The van der Waals surface area contributed by atoms with Crippen molar-refractivity contribution < 1.29 is 14.4 Å². The van der Waals surface area contributed by atoms with Gasteiger partial charge in [0.25, 0.3) is 0 Å². The number of rotatable bonds is 7. The lowest BCUT2D eigenvalue weighted by Crippen LogP contribution is -2.07. The van der Waals surface area contributed by atoms with E-state index in [0.29, 0.717) is 16.5 Å². The molecule has 0 saturated carbocycles. The number of anilines is 1. The number of halogens is 1. The minimum atomic E-state index is -0.598. The molecule has 2 aromatic carbocycles. The quantitative estimate of drug-likeness (QED) is 0.473. The Bertz CT molecular complexity index is 968. The van der Waals surface area contributed by atoms with Gasteiger partial charge in [0.1, 0.15) is 6.33 Å². The molecule has 0 bridgehead atoms. The van der Waals surface area contributed by atoms with Crippen LogP contribution < -0.4 is 14.8 Å². The van der Waals surface area contributed by atoms with E-state index in [1.807, 2.05) is 12.1 Å². The van der Waals surface area contributed by atoms with Crippen LogP contribution in [-0.4, -0.2) is 22.0 Å². The van der Waals surface area contributed by atoms with Crippen LogP contribution in [0.1, 0.15) is 5.56 Å². The van der Waals surface area contributed by atoms with Crippen LogP contribution in [0.15, 0.2) is 54.9 Å². The molecule has 0 aliphatic carbocycles. The Labute approximate surface area is 159 Å². The molecule has 1 aromatic heterocycles. The van der Waals surface area contributed by atoms with Crippen molar-refractivity contribution in [2.24, 2.45) is 0 Å². The molecule has 0 saturated heterocycles. The molecular weight excluding hydrogens is 372 g/mol. The Morgan fingerprint density at radius 1 is 1.11 bits per heavy atom. The molecule has 27 heavy (non-hydrogen) atoms. The number of hydrogen-bond acceptors (Lipinski definition) is 7. The summed E-state index contributed by atoms with van der Waals surface area (Å²) in [7, 11) is 1.48. The van der Waals surface area contributed by atoms with Gasteiger partial charge in [0.2, 0.25) is 5.82 Å². The first-order chi connectivity index (χ1) is 13.1. The van der Waals surface area contributed by atoms with E-state index in [9.17, 15) is 10.1 Å². The van der Waals surface area contributed by atoms with E-state index >= 15 is 0 Å². The minimum absolute atomic E-state index is 0.0276. The highest BCUT2D eigenvalue weighted by molar-refractivity contribution is 6.31. The lowest BCUT2D eigenvalue weighted by atomic mass is 10.2. The Morgan fingerprint density at radius 3 is 2.52 bits per heavy atom. The molecule has 3 rings (SSSR count). The van der Waals surface area contributed by atoms with Crippen molar-refractivity contribution in [2.45, 2.75) is 6.54 Å². The Balaban J connectivity index is 1.91. The van der Waals surface area contributed by atoms with E-state index in [0.717, 1.165) is 5.56 Å². The van der Waals surface area contributed by atoms with E-state index in [-0.39, 0.29) is 23.9 Å². The van der Waals surface area contributed by atoms with Crippen LogP contribution in [0.4, 0.5) is 11.5 Å². The van der Waals surface area contributed by atoms with Crippen LogP contribution in [0, 0.1) is 10.1 Å². The van der Waals surface area contributed by atoms with Gasteiger partial charge < -0.3 is 14.8 Å². The summed E-state index contributed by atoms with van der Waals surface area (Å²) in [5.74, 6) is 0.566. The first-order valence-electron chi connectivity index (χ1n) is 7.87. The van der Waals surface area contributed by atoms with Crippen LogP contribution in [0.2, 0.25) is 5.02 Å². The monoisotopic (exact) mass is 386 g/mol. The molecule has 9 heteroatoms. The number of nitrogens with one attached hydrogen (secondary N) is 1. The first-order valence-corrected chi connectivity index (χ1v) is 8.25. The summed E-state index contributed by atoms with van der Waals surface area (Å²) in [6.45, 7) is 0.256. The van der Waals surface area contributed by atoms with Gasteiger partial charge in [0.05, 0.1) is 12.0 Å². The van der Waals surface area contributed by atoms with Crippen LogP contribution in [0.3, 0.4) is 0 Å². The van der Waals surface area contributed by atoms with E-state index in [4.69, 9.17) is 21.1 Å². The molecule has 0 radical (unpaired) electrons. The van der Waals surface area contributed by atoms with Gasteiger partial charge in [0.15, 0.2) is 11.5 Å². The number of benzene rings is 2. The highest BCUT2D eigenvalue weighted by Gasteiger charge is 2.25. The lowest BCUT2D eigenvalue weighted by molar-refractivity contribution is -0.385. The SMILES string of the molecule is COc1ccccc1Oc1ncnc(NCc2ccccc2Cl)c1[N+](=O)[O-]. The van der Waals surface area contributed by atoms with E-state index in [1.165, 1.54) is 13.4 Å². The summed E-state index contributed by atoms with van der Waals surface area (Å²) in [5, 5.41) is 15.1. The molecule has 1 N–H and O–H groups in total. The number of para-hydroxylation sites is 2. The molecular formula is C18H15ClN4O4. The molecule has 8 nitrogen and oxygen atoms in total. The van der Waals surface area contributed by atoms with Crippen molar-refractivity contribution in [3.8, 4) is 17.4 Å². The molecule has 3 aromatic rings. The molecule has 1 heterocycles. The maximum atomic E-state index is 11.6. The molecule has 0 fully saturated rings. The number of nitro groups is 1. The van der Waals surface area contributed by atoms with Crippen molar-refractivity contribution in [1.29, 1.82) is 0 Å². The fraction of sp³-hybridized carbons (Fsp3) is 0.111. The van der Waals surface area contributed by atoms with Gasteiger partial charge in [-0.3, -0.25) is 10.1 Å². The van der Waals surface area contributed by atoms with Crippen molar-refractivity contribution in [1.82, 2.24) is 9.97 Å². The molecule has 0 spiro atoms. The van der Waals surface area contributed by atoms with Gasteiger partial charge in [-0.1, -0.05) is 41.9 Å². The second-order valence-electron chi connectivity index (χ2n) is 5.33. The zero-order valence-electron chi connectivity index (χ0n) is 14.3. The number of ether oxygens (including phenoxy) is 2. The third-order valence-corrected chi connectivity index (χ3v) is 4.02. The fourth-order valence-electron chi connectivity index (χ4n) is 2.36. The number of hydrogen-bond donors (Lipinski definition) is 1. The van der Waals surface area contributed by atoms with Gasteiger partial charge in [-0.15, -0.1) is 0 Å². The molecule has 0 atom stereocenters. The second kappa shape index (κ2) is 8.33. The van der Waals surface area contributed by atoms with Gasteiger partial charge in [-0.25, -0.2) is 4.98 Å². The van der Waals surface area contributed by atoms with Crippen molar-refractivity contribution >= 4 is 23.1 Å². The molecule has 0 aliphatic heterocycles. The van der Waals surface area contributed by atoms with Gasteiger partial charge in [0, 0.05) is 11.6 Å². The standard InChI is InChI=1S/C18H15ClN4O4/c1-26-14-8-4-5-9-15(14)27-18-16(23(24)25)17(21-11-22-18)20-10-12-6-2-3-7-13(12)19/h2-9,11H,10H2,1H3,(H,20,21,22). The van der Waals surface area contributed by atoms with Gasteiger partial charge in [-0.05, 0) is 23.8 Å². The van der Waals surface area contributed by atoms with E-state index < -0.39 is 4.92 Å². The summed E-state index contributed by atoms with van der Waals surface area (Å²) in [4.78, 5) is 18.9. The summed E-state index contributed by atoms with van der Waals surface area (Å²) < 4.78 is 10.8. The summed E-state index contributed by atoms with van der Waals surface area (Å²) in [5.41, 5.74) is 0.398. The Hall–Kier alpha value is -3.39. The number of nitrogens with zero attached hydrogens (tertiary/aromatic N) is 3. The molecule has 0 amide bonds. The highest BCUT2D eigenvalue weighted by atomic mass is 35.5. The molecule has 0 unspecified atom stereocenters. The topological polar surface area (TPSA) is 99.4 Å². The van der Waals surface area contributed by atoms with Crippen molar-refractivity contribution in [3.63, 3.8) is 0 Å². The number of methoxy groups -OCH3 is 1.